The number of pyridine rings is 1. The van der Waals surface area contributed by atoms with Gasteiger partial charge in [-0.25, -0.2) is 4.39 Å². The summed E-state index contributed by atoms with van der Waals surface area (Å²) in [5.74, 6) is 0.214. The summed E-state index contributed by atoms with van der Waals surface area (Å²) in [5, 5.41) is 10.3. The summed E-state index contributed by atoms with van der Waals surface area (Å²) in [7, 11) is 0. The van der Waals surface area contributed by atoms with Crippen molar-refractivity contribution in [3.63, 3.8) is 0 Å². The average molecular weight is 279 g/mol. The van der Waals surface area contributed by atoms with Crippen LogP contribution in [0.2, 0.25) is 0 Å². The number of fused-ring (bicyclic) bond motifs is 1. The Balaban J connectivity index is 2.05. The first-order valence-corrected chi connectivity index (χ1v) is 6.19. The molecule has 0 amide bonds. The van der Waals surface area contributed by atoms with E-state index in [1.807, 2.05) is 0 Å². The molecule has 4 nitrogen and oxygen atoms in total. The van der Waals surface area contributed by atoms with Crippen molar-refractivity contribution in [2.45, 2.75) is 0 Å². The summed E-state index contributed by atoms with van der Waals surface area (Å²) in [6.45, 7) is 0. The predicted octanol–water partition coefficient (Wildman–Crippen LogP) is 3.62. The summed E-state index contributed by atoms with van der Waals surface area (Å²) < 4.78 is 19.3. The van der Waals surface area contributed by atoms with E-state index in [-0.39, 0.29) is 5.56 Å². The van der Waals surface area contributed by atoms with Gasteiger partial charge in [-0.05, 0) is 30.3 Å². The molecule has 5 heteroatoms. The van der Waals surface area contributed by atoms with Gasteiger partial charge in [-0.15, -0.1) is 0 Å². The van der Waals surface area contributed by atoms with Crippen LogP contribution in [-0.2, 0) is 0 Å². The van der Waals surface area contributed by atoms with Crippen LogP contribution >= 0.6 is 0 Å². The summed E-state index contributed by atoms with van der Waals surface area (Å²) in [6.07, 6.45) is 3.28. The van der Waals surface area contributed by atoms with Crippen LogP contribution < -0.4 is 10.5 Å². The van der Waals surface area contributed by atoms with Crippen molar-refractivity contribution in [2.75, 3.05) is 5.73 Å². The van der Waals surface area contributed by atoms with Gasteiger partial charge in [0.15, 0.2) is 0 Å². The highest BCUT2D eigenvalue weighted by Crippen LogP contribution is 2.32. The Morgan fingerprint density at radius 3 is 2.76 bits per heavy atom. The lowest BCUT2D eigenvalue weighted by Crippen LogP contribution is -1.92. The molecule has 0 aliphatic carbocycles. The van der Waals surface area contributed by atoms with Crippen LogP contribution in [0.4, 0.5) is 10.1 Å². The molecule has 21 heavy (non-hydrogen) atoms. The zero-order chi connectivity index (χ0) is 14.8. The normalized spacial score (nSPS) is 10.3. The van der Waals surface area contributed by atoms with Crippen LogP contribution in [0.3, 0.4) is 0 Å². The fourth-order valence-corrected chi connectivity index (χ4v) is 2.05. The summed E-state index contributed by atoms with van der Waals surface area (Å²) in [6, 6.07) is 11.1. The fraction of sp³-hybridized carbons (Fsp3) is 0. The first kappa shape index (κ1) is 12.9. The molecule has 2 aromatic carbocycles. The SMILES string of the molecule is N#Cc1ccc(Oc2ccc(N)c3ccncc23)cc1F. The van der Waals surface area contributed by atoms with E-state index < -0.39 is 5.82 Å². The standard InChI is InChI=1S/C16H10FN3O/c17-14-7-11(2-1-10(14)8-18)21-16-4-3-15(19)12-5-6-20-9-13(12)16/h1-7,9H,19H2. The number of ether oxygens (including phenoxy) is 1. The van der Waals surface area contributed by atoms with E-state index in [2.05, 4.69) is 4.98 Å². The third kappa shape index (κ3) is 2.35. The van der Waals surface area contributed by atoms with Gasteiger partial charge >= 0.3 is 0 Å². The minimum atomic E-state index is -0.618. The lowest BCUT2D eigenvalue weighted by atomic mass is 10.1. The molecule has 3 aromatic rings. The van der Waals surface area contributed by atoms with E-state index in [4.69, 9.17) is 15.7 Å². The number of rotatable bonds is 2. The van der Waals surface area contributed by atoms with Crippen LogP contribution in [0.5, 0.6) is 11.5 Å². The van der Waals surface area contributed by atoms with Crippen LogP contribution in [0.25, 0.3) is 10.8 Å². The van der Waals surface area contributed by atoms with Gasteiger partial charge in [-0.3, -0.25) is 4.98 Å². The minimum Gasteiger partial charge on any atom is -0.457 e. The van der Waals surface area contributed by atoms with E-state index in [0.29, 0.717) is 17.2 Å². The topological polar surface area (TPSA) is 71.9 Å². The lowest BCUT2D eigenvalue weighted by Gasteiger charge is -2.10. The molecule has 0 unspecified atom stereocenters. The van der Waals surface area contributed by atoms with Gasteiger partial charge in [-0.2, -0.15) is 5.26 Å². The number of nitriles is 1. The molecular weight excluding hydrogens is 269 g/mol. The second-order valence-electron chi connectivity index (χ2n) is 4.43. The number of anilines is 1. The second kappa shape index (κ2) is 5.10. The predicted molar refractivity (Wildman–Crippen MR) is 77.3 cm³/mol. The zero-order valence-electron chi connectivity index (χ0n) is 10.9. The lowest BCUT2D eigenvalue weighted by molar-refractivity contribution is 0.481. The second-order valence-corrected chi connectivity index (χ2v) is 4.43. The van der Waals surface area contributed by atoms with Crippen molar-refractivity contribution in [1.82, 2.24) is 4.98 Å². The highest BCUT2D eigenvalue weighted by atomic mass is 19.1. The Labute approximate surface area is 120 Å². The number of benzene rings is 2. The molecule has 0 saturated carbocycles. The third-order valence-corrected chi connectivity index (χ3v) is 3.10. The highest BCUT2D eigenvalue weighted by molar-refractivity contribution is 5.96. The van der Waals surface area contributed by atoms with Gasteiger partial charge < -0.3 is 10.5 Å². The molecule has 3 rings (SSSR count). The third-order valence-electron chi connectivity index (χ3n) is 3.10. The maximum absolute atomic E-state index is 13.6. The smallest absolute Gasteiger partial charge is 0.144 e. The fourth-order valence-electron chi connectivity index (χ4n) is 2.05. The number of nitrogens with two attached hydrogens (primary N) is 1. The van der Waals surface area contributed by atoms with Crippen molar-refractivity contribution in [3.05, 3.63) is 60.2 Å². The largest absolute Gasteiger partial charge is 0.457 e. The number of hydrogen-bond donors (Lipinski definition) is 1. The van der Waals surface area contributed by atoms with Crippen molar-refractivity contribution in [1.29, 1.82) is 5.26 Å². The Morgan fingerprint density at radius 1 is 1.14 bits per heavy atom. The van der Waals surface area contributed by atoms with Crippen LogP contribution in [0.1, 0.15) is 5.56 Å². The van der Waals surface area contributed by atoms with Gasteiger partial charge in [0.1, 0.15) is 23.4 Å². The Kier molecular flexibility index (Phi) is 3.13. The quantitative estimate of drug-likeness (QED) is 0.727. The summed E-state index contributed by atoms with van der Waals surface area (Å²) in [5.41, 5.74) is 6.50. The van der Waals surface area contributed by atoms with Crippen molar-refractivity contribution >= 4 is 16.5 Å². The monoisotopic (exact) mass is 279 g/mol. The maximum Gasteiger partial charge on any atom is 0.144 e. The van der Waals surface area contributed by atoms with Gasteiger partial charge in [0, 0.05) is 34.9 Å². The molecule has 0 radical (unpaired) electrons. The minimum absolute atomic E-state index is 0.0221. The van der Waals surface area contributed by atoms with E-state index in [1.165, 1.54) is 12.1 Å². The Morgan fingerprint density at radius 2 is 2.00 bits per heavy atom. The van der Waals surface area contributed by atoms with E-state index in [0.717, 1.165) is 10.8 Å². The molecule has 2 N–H and O–H groups in total. The number of aromatic nitrogens is 1. The molecule has 0 bridgehead atoms. The van der Waals surface area contributed by atoms with E-state index >= 15 is 0 Å². The molecule has 1 heterocycles. The van der Waals surface area contributed by atoms with Crippen LogP contribution in [0, 0.1) is 17.1 Å². The molecule has 0 saturated heterocycles. The highest BCUT2D eigenvalue weighted by Gasteiger charge is 2.08. The molecular formula is C16H10FN3O. The van der Waals surface area contributed by atoms with Crippen molar-refractivity contribution in [3.8, 4) is 17.6 Å². The van der Waals surface area contributed by atoms with E-state index in [9.17, 15) is 4.39 Å². The number of hydrogen-bond acceptors (Lipinski definition) is 4. The van der Waals surface area contributed by atoms with Crippen molar-refractivity contribution in [2.24, 2.45) is 0 Å². The Hall–Kier alpha value is -3.13. The molecule has 102 valence electrons. The van der Waals surface area contributed by atoms with Crippen LogP contribution in [-0.4, -0.2) is 4.98 Å². The molecule has 0 fully saturated rings. The first-order chi connectivity index (χ1) is 10.2. The van der Waals surface area contributed by atoms with Crippen molar-refractivity contribution < 1.29 is 9.13 Å². The summed E-state index contributed by atoms with van der Waals surface area (Å²) in [4.78, 5) is 4.05. The maximum atomic E-state index is 13.6. The van der Waals surface area contributed by atoms with Gasteiger partial charge in [0.2, 0.25) is 0 Å². The van der Waals surface area contributed by atoms with Gasteiger partial charge in [0.05, 0.1) is 5.56 Å². The van der Waals surface area contributed by atoms with Gasteiger partial charge in [-0.1, -0.05) is 0 Å². The number of nitrogens with zero attached hydrogens (tertiary/aromatic N) is 2. The molecule has 0 spiro atoms. The molecule has 1 aromatic heterocycles. The summed E-state index contributed by atoms with van der Waals surface area (Å²) >= 11 is 0. The van der Waals surface area contributed by atoms with Crippen LogP contribution in [0.15, 0.2) is 48.8 Å². The zero-order valence-corrected chi connectivity index (χ0v) is 10.9. The molecule has 0 aliphatic rings. The number of nitrogen functional groups attached to an aromatic ring is 1. The molecule has 0 aliphatic heterocycles. The average Bonchev–Trinajstić information content (AvgIpc) is 2.51. The Bertz CT molecular complexity index is 871. The molecule has 0 atom stereocenters. The first-order valence-electron chi connectivity index (χ1n) is 6.19. The number of halogens is 1. The van der Waals surface area contributed by atoms with E-state index in [1.54, 1.807) is 42.7 Å². The van der Waals surface area contributed by atoms with Gasteiger partial charge in [0.25, 0.3) is 0 Å².